The summed E-state index contributed by atoms with van der Waals surface area (Å²) in [5.41, 5.74) is -0.458. The minimum atomic E-state index is -4.55. The van der Waals surface area contributed by atoms with Gasteiger partial charge in [-0.25, -0.2) is 8.42 Å². The highest BCUT2D eigenvalue weighted by atomic mass is 32.2. The van der Waals surface area contributed by atoms with Crippen LogP contribution in [0, 0.1) is 6.92 Å². The van der Waals surface area contributed by atoms with Gasteiger partial charge in [0.2, 0.25) is 10.0 Å². The van der Waals surface area contributed by atoms with Crippen LogP contribution in [0.3, 0.4) is 0 Å². The summed E-state index contributed by atoms with van der Waals surface area (Å²) in [4.78, 5) is 13.3. The summed E-state index contributed by atoms with van der Waals surface area (Å²) in [6.45, 7) is 1.09. The maximum absolute atomic E-state index is 13.4. The molecule has 3 aromatic carbocycles. The van der Waals surface area contributed by atoms with Crippen molar-refractivity contribution in [3.8, 4) is 0 Å². The predicted octanol–water partition coefficient (Wildman–Crippen LogP) is 6.77. The van der Waals surface area contributed by atoms with E-state index in [2.05, 4.69) is 0 Å². The number of alkyl halides is 6. The first kappa shape index (κ1) is 28.3. The third-order valence-electron chi connectivity index (χ3n) is 6.09. The Morgan fingerprint density at radius 2 is 1.05 bits per heavy atom. The van der Waals surface area contributed by atoms with Gasteiger partial charge in [-0.1, -0.05) is 42.0 Å². The summed E-state index contributed by atoms with van der Waals surface area (Å²) in [6.07, 6.45) is -6.49. The molecule has 0 amide bonds. The number of nitrogens with zero attached hydrogens (tertiary/aromatic N) is 1. The van der Waals surface area contributed by atoms with E-state index < -0.39 is 39.3 Å². The second-order valence-electron chi connectivity index (χ2n) is 8.99. The number of carbonyl (C=O) groups is 1. The molecule has 39 heavy (non-hydrogen) atoms. The topological polar surface area (TPSA) is 54.5 Å². The molecule has 0 N–H and O–H groups in total. The fourth-order valence-electron chi connectivity index (χ4n) is 3.98. The highest BCUT2D eigenvalue weighted by molar-refractivity contribution is 7.89. The van der Waals surface area contributed by atoms with Crippen molar-refractivity contribution in [1.29, 1.82) is 0 Å². The molecule has 0 radical (unpaired) electrons. The normalized spacial score (nSPS) is 17.7. The molecule has 204 valence electrons. The molecule has 0 atom stereocenters. The molecular formula is C28H21F6NO3S. The van der Waals surface area contributed by atoms with E-state index >= 15 is 0 Å². The van der Waals surface area contributed by atoms with Crippen LogP contribution in [0.4, 0.5) is 26.3 Å². The van der Waals surface area contributed by atoms with Gasteiger partial charge in [-0.05, 0) is 66.6 Å². The summed E-state index contributed by atoms with van der Waals surface area (Å²) >= 11 is 0. The third-order valence-corrected chi connectivity index (χ3v) is 7.90. The number of aryl methyl sites for hydroxylation is 1. The van der Waals surface area contributed by atoms with Gasteiger partial charge in [-0.2, -0.15) is 30.6 Å². The zero-order chi connectivity index (χ0) is 28.6. The van der Waals surface area contributed by atoms with Crippen LogP contribution in [0.15, 0.2) is 88.8 Å². The van der Waals surface area contributed by atoms with Crippen molar-refractivity contribution >= 4 is 28.0 Å². The highest BCUT2D eigenvalue weighted by Gasteiger charge is 2.35. The number of Topliss-reactive ketones (excluding diaryl/α,β-unsaturated/α-hetero) is 1. The Balaban J connectivity index is 1.75. The van der Waals surface area contributed by atoms with Crippen LogP contribution in [0.1, 0.15) is 27.8 Å². The van der Waals surface area contributed by atoms with Crippen molar-refractivity contribution in [2.24, 2.45) is 0 Å². The molecule has 1 saturated heterocycles. The molecule has 0 aromatic heterocycles. The zero-order valence-corrected chi connectivity index (χ0v) is 21.2. The van der Waals surface area contributed by atoms with Gasteiger partial charge < -0.3 is 0 Å². The largest absolute Gasteiger partial charge is 0.416 e. The summed E-state index contributed by atoms with van der Waals surface area (Å²) in [7, 11) is -4.10. The van der Waals surface area contributed by atoms with E-state index in [1.54, 1.807) is 19.1 Å². The SMILES string of the molecule is Cc1ccc(S(=O)(=O)N2C/C(=C\c3ccc(C(F)(F)F)cc3)C(=O)/C(=C/c3ccc(C(F)(F)F)cc3)C2)cc1. The van der Waals surface area contributed by atoms with Crippen LogP contribution in [-0.2, 0) is 27.2 Å². The number of rotatable bonds is 4. The summed E-state index contributed by atoms with van der Waals surface area (Å²) in [5, 5.41) is 0. The Hall–Kier alpha value is -3.70. The van der Waals surface area contributed by atoms with Gasteiger partial charge >= 0.3 is 12.4 Å². The molecule has 1 aliphatic rings. The number of halogens is 6. The van der Waals surface area contributed by atoms with Gasteiger partial charge in [0.25, 0.3) is 0 Å². The zero-order valence-electron chi connectivity index (χ0n) is 20.3. The summed E-state index contributed by atoms with van der Waals surface area (Å²) in [6, 6.07) is 14.1. The minimum Gasteiger partial charge on any atom is -0.289 e. The quantitative estimate of drug-likeness (QED) is 0.259. The van der Waals surface area contributed by atoms with Crippen molar-refractivity contribution in [2.45, 2.75) is 24.2 Å². The molecule has 0 spiro atoms. The van der Waals surface area contributed by atoms with E-state index in [0.717, 1.165) is 58.4 Å². The van der Waals surface area contributed by atoms with Crippen molar-refractivity contribution < 1.29 is 39.6 Å². The van der Waals surface area contributed by atoms with E-state index in [1.165, 1.54) is 24.3 Å². The van der Waals surface area contributed by atoms with Gasteiger partial charge in [0.05, 0.1) is 16.0 Å². The summed E-state index contributed by atoms with van der Waals surface area (Å²) in [5.74, 6) is -0.565. The van der Waals surface area contributed by atoms with Crippen LogP contribution < -0.4 is 0 Å². The molecule has 4 rings (SSSR count). The number of piperidine rings is 1. The van der Waals surface area contributed by atoms with Crippen LogP contribution in [0.2, 0.25) is 0 Å². The average molecular weight is 566 g/mol. The molecule has 1 heterocycles. The number of hydrogen-bond donors (Lipinski definition) is 0. The Kier molecular flexibility index (Phi) is 7.59. The lowest BCUT2D eigenvalue weighted by atomic mass is 9.95. The van der Waals surface area contributed by atoms with Crippen molar-refractivity contribution in [3.63, 3.8) is 0 Å². The average Bonchev–Trinajstić information content (AvgIpc) is 2.86. The maximum atomic E-state index is 13.4. The first-order chi connectivity index (χ1) is 18.1. The van der Waals surface area contributed by atoms with Crippen molar-refractivity contribution in [1.82, 2.24) is 4.31 Å². The minimum absolute atomic E-state index is 0.00476. The van der Waals surface area contributed by atoms with E-state index in [0.29, 0.717) is 0 Å². The Labute approximate surface area is 220 Å². The molecule has 0 aliphatic carbocycles. The molecule has 0 unspecified atom stereocenters. The smallest absolute Gasteiger partial charge is 0.289 e. The first-order valence-corrected chi connectivity index (χ1v) is 13.0. The lowest BCUT2D eigenvalue weighted by Crippen LogP contribution is -2.41. The van der Waals surface area contributed by atoms with Crippen LogP contribution in [0.25, 0.3) is 12.2 Å². The van der Waals surface area contributed by atoms with Gasteiger partial charge in [-0.15, -0.1) is 0 Å². The lowest BCUT2D eigenvalue weighted by Gasteiger charge is -2.29. The fraction of sp³-hybridized carbons (Fsp3) is 0.179. The molecule has 3 aromatic rings. The Morgan fingerprint density at radius 3 is 1.41 bits per heavy atom. The molecular weight excluding hydrogens is 544 g/mol. The molecule has 11 heteroatoms. The Morgan fingerprint density at radius 1 is 0.667 bits per heavy atom. The van der Waals surface area contributed by atoms with Gasteiger partial charge in [-0.3, -0.25) is 4.79 Å². The van der Waals surface area contributed by atoms with Gasteiger partial charge in [0.1, 0.15) is 0 Å². The monoisotopic (exact) mass is 565 g/mol. The standard InChI is InChI=1S/C28H21F6NO3S/c1-18-2-12-25(13-3-18)39(37,38)35-16-21(14-19-4-8-23(9-5-19)27(29,30)31)26(36)22(17-35)15-20-6-10-24(11-7-20)28(32,33)34/h2-15H,16-17H2,1H3/b21-14+,22-15+. The van der Waals surface area contributed by atoms with Crippen LogP contribution in [0.5, 0.6) is 0 Å². The summed E-state index contributed by atoms with van der Waals surface area (Å²) < 4.78 is 106. The van der Waals surface area contributed by atoms with E-state index in [4.69, 9.17) is 0 Å². The fourth-order valence-corrected chi connectivity index (χ4v) is 5.37. The number of ketones is 1. The maximum Gasteiger partial charge on any atom is 0.416 e. The second-order valence-corrected chi connectivity index (χ2v) is 10.9. The van der Waals surface area contributed by atoms with E-state index in [1.807, 2.05) is 0 Å². The number of benzene rings is 3. The van der Waals surface area contributed by atoms with Crippen molar-refractivity contribution in [3.05, 3.63) is 112 Å². The highest BCUT2D eigenvalue weighted by Crippen LogP contribution is 2.32. The first-order valence-electron chi connectivity index (χ1n) is 11.5. The molecule has 4 nitrogen and oxygen atoms in total. The number of carbonyl (C=O) groups excluding carboxylic acids is 1. The number of hydrogen-bond acceptors (Lipinski definition) is 3. The lowest BCUT2D eigenvalue weighted by molar-refractivity contribution is -0.138. The van der Waals surface area contributed by atoms with Crippen LogP contribution in [-0.4, -0.2) is 31.6 Å². The predicted molar refractivity (Wildman–Crippen MR) is 134 cm³/mol. The van der Waals surface area contributed by atoms with Gasteiger partial charge in [0, 0.05) is 24.2 Å². The Bertz CT molecular complexity index is 1460. The van der Waals surface area contributed by atoms with E-state index in [9.17, 15) is 39.6 Å². The van der Waals surface area contributed by atoms with E-state index in [-0.39, 0.29) is 40.3 Å². The second kappa shape index (κ2) is 10.5. The molecule has 1 aliphatic heterocycles. The van der Waals surface area contributed by atoms with Gasteiger partial charge in [0.15, 0.2) is 5.78 Å². The molecule has 0 bridgehead atoms. The molecule has 1 fully saturated rings. The third kappa shape index (κ3) is 6.48. The number of sulfonamides is 1. The van der Waals surface area contributed by atoms with Crippen molar-refractivity contribution in [2.75, 3.05) is 13.1 Å². The van der Waals surface area contributed by atoms with Crippen LogP contribution >= 0.6 is 0 Å². The molecule has 0 saturated carbocycles.